The lowest BCUT2D eigenvalue weighted by Crippen LogP contribution is -2.29. The molecular weight excluding hydrogens is 538 g/mol. The topological polar surface area (TPSA) is 126 Å². The van der Waals surface area contributed by atoms with Crippen LogP contribution < -0.4 is 21.2 Å². The van der Waals surface area contributed by atoms with Gasteiger partial charge in [-0.15, -0.1) is 0 Å². The monoisotopic (exact) mass is 571 g/mol. The second kappa shape index (κ2) is 13.9. The van der Waals surface area contributed by atoms with Crippen molar-refractivity contribution < 1.29 is 19.1 Å². The molecule has 1 aliphatic rings. The van der Waals surface area contributed by atoms with Crippen molar-refractivity contribution in [1.29, 1.82) is 0 Å². The van der Waals surface area contributed by atoms with Gasteiger partial charge >= 0.3 is 0 Å². The molecule has 0 bridgehead atoms. The summed E-state index contributed by atoms with van der Waals surface area (Å²) in [6.45, 7) is 5.79. The first kappa shape index (κ1) is 28.3. The number of amides is 2. The van der Waals surface area contributed by atoms with Crippen LogP contribution in [0, 0.1) is 0 Å². The largest absolute Gasteiger partial charge is 0.496 e. The number of aryl methyl sites for hydroxylation is 1. The molecule has 3 rings (SSSR count). The quantitative estimate of drug-likeness (QED) is 0.118. The summed E-state index contributed by atoms with van der Waals surface area (Å²) in [5.74, 6) is 0.142. The molecular formula is C27H34BrN5O4. The van der Waals surface area contributed by atoms with E-state index in [-0.39, 0.29) is 29.6 Å². The minimum Gasteiger partial charge on any atom is -0.496 e. The molecule has 9 nitrogen and oxygen atoms in total. The number of nitrogens with two attached hydrogens (primary N) is 1. The minimum absolute atomic E-state index is 0.0562. The molecule has 1 heterocycles. The third kappa shape index (κ3) is 7.87. The highest BCUT2D eigenvalue weighted by Gasteiger charge is 2.17. The van der Waals surface area contributed by atoms with Crippen LogP contribution in [0.4, 0.5) is 5.69 Å². The minimum atomic E-state index is -0.383. The second-order valence-corrected chi connectivity index (χ2v) is 9.76. The summed E-state index contributed by atoms with van der Waals surface area (Å²) in [4.78, 5) is 39.3. The van der Waals surface area contributed by atoms with Gasteiger partial charge in [-0.25, -0.2) is 5.43 Å². The van der Waals surface area contributed by atoms with Crippen molar-refractivity contribution in [3.8, 4) is 5.75 Å². The van der Waals surface area contributed by atoms with Crippen LogP contribution in [0.15, 0.2) is 39.9 Å². The molecule has 0 saturated carbocycles. The van der Waals surface area contributed by atoms with E-state index in [9.17, 15) is 14.4 Å². The number of aldehydes is 1. The lowest BCUT2D eigenvalue weighted by atomic mass is 10.0. The third-order valence-corrected chi connectivity index (χ3v) is 6.90. The van der Waals surface area contributed by atoms with Crippen molar-refractivity contribution in [3.05, 3.63) is 57.1 Å². The van der Waals surface area contributed by atoms with Gasteiger partial charge in [0.25, 0.3) is 5.91 Å². The molecule has 0 aromatic heterocycles. The van der Waals surface area contributed by atoms with E-state index in [2.05, 4.69) is 36.7 Å². The summed E-state index contributed by atoms with van der Waals surface area (Å²) in [6, 6.07) is 8.64. The number of carbonyl (C=O) groups excluding carboxylic acids is 3. The Hall–Kier alpha value is -3.24. The molecule has 1 fully saturated rings. The van der Waals surface area contributed by atoms with Gasteiger partial charge in [-0.3, -0.25) is 14.4 Å². The fourth-order valence-corrected chi connectivity index (χ4v) is 5.03. The Bertz CT molecular complexity index is 1140. The van der Waals surface area contributed by atoms with Crippen molar-refractivity contribution in [2.45, 2.75) is 39.0 Å². The van der Waals surface area contributed by atoms with Gasteiger partial charge in [0.05, 0.1) is 13.5 Å². The summed E-state index contributed by atoms with van der Waals surface area (Å²) < 4.78 is 5.75. The summed E-state index contributed by atoms with van der Waals surface area (Å²) in [7, 11) is 1.61. The Kier molecular flexibility index (Phi) is 10.6. The van der Waals surface area contributed by atoms with E-state index in [0.717, 1.165) is 49.4 Å². The van der Waals surface area contributed by atoms with Crippen molar-refractivity contribution in [2.24, 2.45) is 5.10 Å². The van der Waals surface area contributed by atoms with E-state index in [1.165, 1.54) is 18.9 Å². The Balaban J connectivity index is 1.62. The standard InChI is InChI=1S/C27H34BrN5O4/c1-3-19-13-18(7-8-24(19)37-2)14-25(35)32-31-23(17-34)26-21(28)15-20(16-22(26)29)27(36)30-9-6-12-33-10-4-5-11-33/h7-8,13,15-17H,3-6,9-12,14,29H2,1-2H3,(H,30,36)(H,32,35)/b31-23+. The highest BCUT2D eigenvalue weighted by molar-refractivity contribution is 9.10. The van der Waals surface area contributed by atoms with Gasteiger partial charge in [-0.05, 0) is 90.6 Å². The first-order valence-electron chi connectivity index (χ1n) is 12.4. The molecule has 10 heteroatoms. The first-order valence-corrected chi connectivity index (χ1v) is 13.2. The zero-order chi connectivity index (χ0) is 26.8. The number of rotatable bonds is 12. The number of nitrogen functional groups attached to an aromatic ring is 1. The van der Waals surface area contributed by atoms with Gasteiger partial charge in [-0.2, -0.15) is 5.10 Å². The fraction of sp³-hybridized carbons (Fsp3) is 0.407. The molecule has 2 aromatic rings. The maximum atomic E-state index is 12.6. The van der Waals surface area contributed by atoms with Crippen LogP contribution in [0.5, 0.6) is 5.75 Å². The molecule has 198 valence electrons. The molecule has 4 N–H and O–H groups in total. The number of nitrogens with zero attached hydrogens (tertiary/aromatic N) is 2. The van der Waals surface area contributed by atoms with E-state index >= 15 is 0 Å². The van der Waals surface area contributed by atoms with Gasteiger partial charge in [0.2, 0.25) is 5.91 Å². The van der Waals surface area contributed by atoms with E-state index in [4.69, 9.17) is 10.5 Å². The van der Waals surface area contributed by atoms with Crippen molar-refractivity contribution >= 4 is 45.4 Å². The van der Waals surface area contributed by atoms with Crippen LogP contribution in [0.25, 0.3) is 0 Å². The molecule has 0 radical (unpaired) electrons. The van der Waals surface area contributed by atoms with Gasteiger partial charge < -0.3 is 20.7 Å². The smallest absolute Gasteiger partial charge is 0.251 e. The number of anilines is 1. The Morgan fingerprint density at radius 3 is 2.62 bits per heavy atom. The lowest BCUT2D eigenvalue weighted by Gasteiger charge is -2.15. The average molecular weight is 573 g/mol. The molecule has 0 atom stereocenters. The van der Waals surface area contributed by atoms with Crippen LogP contribution in [-0.2, 0) is 22.4 Å². The number of hydrazone groups is 1. The number of methoxy groups -OCH3 is 1. The molecule has 1 saturated heterocycles. The molecule has 2 aromatic carbocycles. The number of hydrogen-bond acceptors (Lipinski definition) is 7. The Labute approximate surface area is 225 Å². The summed E-state index contributed by atoms with van der Waals surface area (Å²) in [6.07, 6.45) is 4.72. The Morgan fingerprint density at radius 1 is 1.22 bits per heavy atom. The number of carbonyl (C=O) groups is 3. The fourth-order valence-electron chi connectivity index (χ4n) is 4.35. The average Bonchev–Trinajstić information content (AvgIpc) is 3.41. The van der Waals surface area contributed by atoms with Crippen molar-refractivity contribution in [3.63, 3.8) is 0 Å². The van der Waals surface area contributed by atoms with E-state index in [1.807, 2.05) is 25.1 Å². The van der Waals surface area contributed by atoms with Gasteiger partial charge in [0.1, 0.15) is 11.5 Å². The summed E-state index contributed by atoms with van der Waals surface area (Å²) in [5, 5.41) is 6.90. The number of benzene rings is 2. The Morgan fingerprint density at radius 2 is 1.97 bits per heavy atom. The van der Waals surface area contributed by atoms with Gasteiger partial charge in [0, 0.05) is 27.8 Å². The normalized spacial score (nSPS) is 13.9. The first-order chi connectivity index (χ1) is 17.9. The van der Waals surface area contributed by atoms with E-state index < -0.39 is 0 Å². The second-order valence-electron chi connectivity index (χ2n) is 8.91. The highest BCUT2D eigenvalue weighted by Crippen LogP contribution is 2.26. The molecule has 1 aliphatic heterocycles. The lowest BCUT2D eigenvalue weighted by molar-refractivity contribution is -0.120. The number of likely N-dealkylation sites (tertiary alicyclic amines) is 1. The van der Waals surface area contributed by atoms with Crippen LogP contribution in [-0.4, -0.2) is 62.0 Å². The van der Waals surface area contributed by atoms with Gasteiger partial charge in [0.15, 0.2) is 6.29 Å². The molecule has 0 unspecified atom stereocenters. The SMILES string of the molecule is CCc1cc(CC(=O)N/N=C(\C=O)c2c(N)cc(C(=O)NCCCN3CCCC3)cc2Br)ccc1OC. The number of halogens is 1. The van der Waals surface area contributed by atoms with Crippen molar-refractivity contribution in [1.82, 2.24) is 15.6 Å². The van der Waals surface area contributed by atoms with E-state index in [1.54, 1.807) is 13.2 Å². The number of ether oxygens (including phenoxy) is 1. The van der Waals surface area contributed by atoms with Crippen LogP contribution >= 0.6 is 15.9 Å². The summed E-state index contributed by atoms with van der Waals surface area (Å²) >= 11 is 3.39. The van der Waals surface area contributed by atoms with E-state index in [0.29, 0.717) is 28.4 Å². The van der Waals surface area contributed by atoms with Crippen molar-refractivity contribution in [2.75, 3.05) is 39.0 Å². The van der Waals surface area contributed by atoms with Crippen LogP contribution in [0.3, 0.4) is 0 Å². The van der Waals surface area contributed by atoms with Crippen LogP contribution in [0.1, 0.15) is 53.2 Å². The van der Waals surface area contributed by atoms with Crippen LogP contribution in [0.2, 0.25) is 0 Å². The number of hydrogen-bond donors (Lipinski definition) is 3. The zero-order valence-electron chi connectivity index (χ0n) is 21.3. The maximum absolute atomic E-state index is 12.6. The zero-order valence-corrected chi connectivity index (χ0v) is 22.9. The molecule has 0 aliphatic carbocycles. The third-order valence-electron chi connectivity index (χ3n) is 6.28. The predicted molar refractivity (Wildman–Crippen MR) is 148 cm³/mol. The molecule has 37 heavy (non-hydrogen) atoms. The predicted octanol–water partition coefficient (Wildman–Crippen LogP) is 3.08. The van der Waals surface area contributed by atoms with Gasteiger partial charge in [-0.1, -0.05) is 19.1 Å². The number of nitrogens with one attached hydrogen (secondary N) is 2. The highest BCUT2D eigenvalue weighted by atomic mass is 79.9. The summed E-state index contributed by atoms with van der Waals surface area (Å²) in [5.41, 5.74) is 11.2. The maximum Gasteiger partial charge on any atom is 0.251 e. The molecule has 2 amide bonds. The molecule has 0 spiro atoms.